The standard InChI is InChI=1S/C17H26N4OS/c18-17-19-14(11-23-17)4-5-16(22)21-9-12-7-13(10-21)15-3-1-2-6-20(15)8-12/h11-13,15H,1-10H2,(H2,18,19)/t12-,13-,15+/m1/s1. The summed E-state index contributed by atoms with van der Waals surface area (Å²) >= 11 is 1.45. The van der Waals surface area contributed by atoms with Crippen molar-refractivity contribution >= 4 is 22.4 Å². The van der Waals surface area contributed by atoms with E-state index >= 15 is 0 Å². The number of thiazole rings is 1. The summed E-state index contributed by atoms with van der Waals surface area (Å²) in [5.41, 5.74) is 6.61. The highest BCUT2D eigenvalue weighted by Crippen LogP contribution is 2.37. The summed E-state index contributed by atoms with van der Waals surface area (Å²) < 4.78 is 0. The van der Waals surface area contributed by atoms with Crippen LogP contribution < -0.4 is 5.73 Å². The quantitative estimate of drug-likeness (QED) is 0.918. The van der Waals surface area contributed by atoms with Crippen LogP contribution in [0.3, 0.4) is 0 Å². The number of amides is 1. The zero-order chi connectivity index (χ0) is 15.8. The molecule has 4 rings (SSSR count). The Kier molecular flexibility index (Phi) is 4.28. The van der Waals surface area contributed by atoms with Crippen LogP contribution in [0.1, 0.15) is 37.8 Å². The summed E-state index contributed by atoms with van der Waals surface area (Å²) in [5.74, 6) is 1.68. The summed E-state index contributed by atoms with van der Waals surface area (Å²) in [5, 5.41) is 2.56. The number of likely N-dealkylation sites (tertiary alicyclic amines) is 1. The third-order valence-corrected chi connectivity index (χ3v) is 6.51. The Bertz CT molecular complexity index is 575. The Labute approximate surface area is 141 Å². The van der Waals surface area contributed by atoms with Gasteiger partial charge in [0.2, 0.25) is 5.91 Å². The molecule has 2 N–H and O–H groups in total. The molecule has 2 bridgehead atoms. The Morgan fingerprint density at radius 2 is 2.26 bits per heavy atom. The topological polar surface area (TPSA) is 62.5 Å². The van der Waals surface area contributed by atoms with Crippen LogP contribution in [0.5, 0.6) is 0 Å². The maximum Gasteiger partial charge on any atom is 0.222 e. The van der Waals surface area contributed by atoms with Crippen molar-refractivity contribution in [2.45, 2.75) is 44.6 Å². The maximum absolute atomic E-state index is 12.6. The van der Waals surface area contributed by atoms with Gasteiger partial charge in [-0.1, -0.05) is 6.42 Å². The summed E-state index contributed by atoms with van der Waals surface area (Å²) in [4.78, 5) is 21.7. The smallest absolute Gasteiger partial charge is 0.222 e. The van der Waals surface area contributed by atoms with Crippen LogP contribution in [0.2, 0.25) is 0 Å². The Morgan fingerprint density at radius 3 is 3.09 bits per heavy atom. The summed E-state index contributed by atoms with van der Waals surface area (Å²) in [6.07, 6.45) is 6.66. The van der Waals surface area contributed by atoms with Gasteiger partial charge in [-0.2, -0.15) is 0 Å². The number of aromatic nitrogens is 1. The highest BCUT2D eigenvalue weighted by Gasteiger charge is 2.42. The van der Waals surface area contributed by atoms with Crippen LogP contribution in [-0.2, 0) is 11.2 Å². The van der Waals surface area contributed by atoms with E-state index in [9.17, 15) is 4.79 Å². The van der Waals surface area contributed by atoms with E-state index in [1.807, 2.05) is 5.38 Å². The summed E-state index contributed by atoms with van der Waals surface area (Å²) in [6, 6.07) is 0.730. The van der Waals surface area contributed by atoms with Gasteiger partial charge in [-0.15, -0.1) is 11.3 Å². The fraction of sp³-hybridized carbons (Fsp3) is 0.765. The first-order valence-corrected chi connectivity index (χ1v) is 9.78. The van der Waals surface area contributed by atoms with Crippen molar-refractivity contribution in [1.29, 1.82) is 0 Å². The average molecular weight is 334 g/mol. The molecular formula is C17H26N4OS. The lowest BCUT2D eigenvalue weighted by atomic mass is 9.76. The molecule has 1 amide bonds. The molecule has 0 aromatic carbocycles. The second kappa shape index (κ2) is 6.40. The van der Waals surface area contributed by atoms with Crippen molar-refractivity contribution in [2.75, 3.05) is 31.9 Å². The van der Waals surface area contributed by atoms with E-state index in [1.54, 1.807) is 0 Å². The molecule has 1 aromatic heterocycles. The van der Waals surface area contributed by atoms with E-state index in [4.69, 9.17) is 5.73 Å². The van der Waals surface area contributed by atoms with Crippen LogP contribution in [0.15, 0.2) is 5.38 Å². The number of nitrogens with zero attached hydrogens (tertiary/aromatic N) is 3. The molecule has 3 saturated heterocycles. The van der Waals surface area contributed by atoms with Crippen molar-refractivity contribution in [2.24, 2.45) is 11.8 Å². The highest BCUT2D eigenvalue weighted by atomic mass is 32.1. The second-order valence-electron chi connectivity index (χ2n) is 7.40. The van der Waals surface area contributed by atoms with Gasteiger partial charge < -0.3 is 10.6 Å². The van der Waals surface area contributed by atoms with Crippen molar-refractivity contribution in [3.8, 4) is 0 Å². The molecule has 5 nitrogen and oxygen atoms in total. The lowest BCUT2D eigenvalue weighted by Gasteiger charge is -2.52. The molecule has 4 heterocycles. The molecule has 0 saturated carbocycles. The first kappa shape index (κ1) is 15.4. The van der Waals surface area contributed by atoms with Crippen LogP contribution in [0.4, 0.5) is 5.13 Å². The molecule has 0 spiro atoms. The number of piperidine rings is 3. The molecule has 3 aliphatic rings. The Balaban J connectivity index is 1.35. The fourth-order valence-electron chi connectivity index (χ4n) is 4.80. The normalized spacial score (nSPS) is 31.0. The van der Waals surface area contributed by atoms with Gasteiger partial charge >= 0.3 is 0 Å². The van der Waals surface area contributed by atoms with Crippen LogP contribution in [0.25, 0.3) is 0 Å². The fourth-order valence-corrected chi connectivity index (χ4v) is 5.40. The van der Waals surface area contributed by atoms with Gasteiger partial charge in [0, 0.05) is 37.5 Å². The average Bonchev–Trinajstić information content (AvgIpc) is 2.98. The number of rotatable bonds is 3. The first-order valence-electron chi connectivity index (χ1n) is 8.91. The van der Waals surface area contributed by atoms with E-state index in [0.29, 0.717) is 35.7 Å². The van der Waals surface area contributed by atoms with E-state index in [0.717, 1.165) is 24.8 Å². The van der Waals surface area contributed by atoms with Gasteiger partial charge in [-0.25, -0.2) is 4.98 Å². The number of anilines is 1. The Hall–Kier alpha value is -1.14. The van der Waals surface area contributed by atoms with Gasteiger partial charge in [0.25, 0.3) is 0 Å². The Morgan fingerprint density at radius 1 is 1.35 bits per heavy atom. The lowest BCUT2D eigenvalue weighted by Crippen LogP contribution is -2.59. The van der Waals surface area contributed by atoms with Gasteiger partial charge in [0.1, 0.15) is 0 Å². The highest BCUT2D eigenvalue weighted by molar-refractivity contribution is 7.13. The van der Waals surface area contributed by atoms with Crippen LogP contribution in [-0.4, -0.2) is 52.9 Å². The van der Waals surface area contributed by atoms with E-state index < -0.39 is 0 Å². The molecule has 3 atom stereocenters. The predicted octanol–water partition coefficient (Wildman–Crippen LogP) is 1.99. The first-order chi connectivity index (χ1) is 11.2. The monoisotopic (exact) mass is 334 g/mol. The summed E-state index contributed by atoms with van der Waals surface area (Å²) in [6.45, 7) is 4.40. The number of nitrogens with two attached hydrogens (primary N) is 1. The largest absolute Gasteiger partial charge is 0.375 e. The third kappa shape index (κ3) is 3.24. The number of hydrogen-bond acceptors (Lipinski definition) is 5. The molecule has 6 heteroatoms. The van der Waals surface area contributed by atoms with Crippen LogP contribution in [0, 0.1) is 11.8 Å². The van der Waals surface area contributed by atoms with Gasteiger partial charge in [0.15, 0.2) is 5.13 Å². The summed E-state index contributed by atoms with van der Waals surface area (Å²) in [7, 11) is 0. The van der Waals surface area contributed by atoms with E-state index in [2.05, 4.69) is 14.8 Å². The molecule has 0 radical (unpaired) electrons. The van der Waals surface area contributed by atoms with Crippen molar-refractivity contribution in [1.82, 2.24) is 14.8 Å². The minimum Gasteiger partial charge on any atom is -0.375 e. The minimum absolute atomic E-state index is 0.301. The van der Waals surface area contributed by atoms with E-state index in [1.165, 1.54) is 50.1 Å². The van der Waals surface area contributed by atoms with Gasteiger partial charge in [-0.3, -0.25) is 9.69 Å². The second-order valence-corrected chi connectivity index (χ2v) is 8.29. The van der Waals surface area contributed by atoms with Crippen LogP contribution >= 0.6 is 11.3 Å². The molecular weight excluding hydrogens is 308 g/mol. The maximum atomic E-state index is 12.6. The van der Waals surface area contributed by atoms with E-state index in [-0.39, 0.29) is 0 Å². The number of nitrogen functional groups attached to an aromatic ring is 1. The number of carbonyl (C=O) groups is 1. The predicted molar refractivity (Wildman–Crippen MR) is 92.2 cm³/mol. The zero-order valence-corrected chi connectivity index (χ0v) is 14.4. The SMILES string of the molecule is Nc1nc(CCC(=O)N2C[C@@H]3C[C@H](C2)[C@@H]2CCCCN2C3)cs1. The zero-order valence-electron chi connectivity index (χ0n) is 13.6. The van der Waals surface area contributed by atoms with Gasteiger partial charge in [0.05, 0.1) is 5.69 Å². The molecule has 1 aromatic rings. The van der Waals surface area contributed by atoms with Gasteiger partial charge in [-0.05, 0) is 44.1 Å². The third-order valence-electron chi connectivity index (χ3n) is 5.79. The molecule has 3 aliphatic heterocycles. The molecule has 23 heavy (non-hydrogen) atoms. The molecule has 0 unspecified atom stereocenters. The number of aryl methyl sites for hydroxylation is 1. The van der Waals surface area contributed by atoms with Crippen molar-refractivity contribution in [3.63, 3.8) is 0 Å². The lowest BCUT2D eigenvalue weighted by molar-refractivity contribution is -0.137. The number of hydrogen-bond donors (Lipinski definition) is 1. The number of fused-ring (bicyclic) bond motifs is 4. The number of carbonyl (C=O) groups excluding carboxylic acids is 1. The molecule has 3 fully saturated rings. The van der Waals surface area contributed by atoms with Crippen molar-refractivity contribution < 1.29 is 4.79 Å². The molecule has 126 valence electrons. The minimum atomic E-state index is 0.301. The van der Waals surface area contributed by atoms with Crippen molar-refractivity contribution in [3.05, 3.63) is 11.1 Å². The molecule has 0 aliphatic carbocycles.